The molecule has 1 aromatic rings. The molecule has 8 heteroatoms. The smallest absolute Gasteiger partial charge is 0.347 e. The van der Waals surface area contributed by atoms with Crippen LogP contribution < -0.4 is 14.8 Å². The van der Waals surface area contributed by atoms with E-state index in [1.807, 2.05) is 6.92 Å². The maximum atomic E-state index is 12.8. The Kier molecular flexibility index (Phi) is 6.45. The monoisotopic (exact) mass is 409 g/mol. The van der Waals surface area contributed by atoms with Crippen LogP contribution in [0.1, 0.15) is 38.1 Å². The Morgan fingerprint density at radius 2 is 1.68 bits per heavy atom. The average Bonchev–Trinajstić information content (AvgIpc) is 2.58. The number of hydrogen-bond donors (Lipinski definition) is 1. The normalized spacial score (nSPS) is 20.6. The molecule has 0 saturated carbocycles. The molecule has 1 aliphatic rings. The van der Waals surface area contributed by atoms with Crippen LogP contribution in [-0.4, -0.2) is 46.7 Å². The Labute approximate surface area is 167 Å². The summed E-state index contributed by atoms with van der Waals surface area (Å²) in [5, 5.41) is 2.66. The molecule has 2 rings (SSSR count). The summed E-state index contributed by atoms with van der Waals surface area (Å²) in [5.74, 6) is -0.673. The number of carbonyl (C=O) groups excluding carboxylic acids is 2. The quantitative estimate of drug-likeness (QED) is 0.422. The molecule has 156 valence electrons. The van der Waals surface area contributed by atoms with Gasteiger partial charge in [-0.25, -0.2) is 4.79 Å². The fraction of sp³-hybridized carbons (Fsp3) is 0.600. The van der Waals surface area contributed by atoms with Crippen molar-refractivity contribution in [3.8, 4) is 11.5 Å². The van der Waals surface area contributed by atoms with Gasteiger partial charge in [-0.3, -0.25) is 4.79 Å². The van der Waals surface area contributed by atoms with E-state index < -0.39 is 26.4 Å². The van der Waals surface area contributed by atoms with Crippen molar-refractivity contribution in [2.75, 3.05) is 14.2 Å². The summed E-state index contributed by atoms with van der Waals surface area (Å²) >= 11 is 0. The number of esters is 1. The fourth-order valence-electron chi connectivity index (χ4n) is 2.87. The number of carbonyl (C=O) groups is 2. The lowest BCUT2D eigenvalue weighted by Crippen LogP contribution is -2.65. The molecule has 3 atom stereocenters. The summed E-state index contributed by atoms with van der Waals surface area (Å²) in [6.07, 6.45) is -1.12. The van der Waals surface area contributed by atoms with Gasteiger partial charge in [0.2, 0.25) is 5.91 Å². The molecule has 1 amide bonds. The van der Waals surface area contributed by atoms with Gasteiger partial charge in [0, 0.05) is 0 Å². The Bertz CT molecular complexity index is 720. The van der Waals surface area contributed by atoms with Crippen LogP contribution in [0.25, 0.3) is 0 Å². The number of nitrogens with one attached hydrogen (secondary N) is 1. The number of methoxy groups -OCH3 is 2. The predicted molar refractivity (Wildman–Crippen MR) is 108 cm³/mol. The minimum absolute atomic E-state index is 0.0123. The van der Waals surface area contributed by atoms with Gasteiger partial charge >= 0.3 is 5.97 Å². The number of β-lactam (4-membered cyclic amide) rings is 1. The maximum Gasteiger partial charge on any atom is 0.347 e. The largest absolute Gasteiger partial charge is 0.496 e. The van der Waals surface area contributed by atoms with Gasteiger partial charge < -0.3 is 24.0 Å². The van der Waals surface area contributed by atoms with Gasteiger partial charge in [-0.2, -0.15) is 0 Å². The van der Waals surface area contributed by atoms with Crippen LogP contribution in [0.2, 0.25) is 18.1 Å². The molecular weight excluding hydrogens is 378 g/mol. The summed E-state index contributed by atoms with van der Waals surface area (Å²) in [4.78, 5) is 24.9. The molecule has 1 N–H and O–H groups in total. The predicted octanol–water partition coefficient (Wildman–Crippen LogP) is 3.34. The van der Waals surface area contributed by atoms with E-state index in [0.717, 1.165) is 0 Å². The van der Waals surface area contributed by atoms with Crippen LogP contribution >= 0.6 is 0 Å². The lowest BCUT2D eigenvalue weighted by Gasteiger charge is -2.44. The first-order valence-corrected chi connectivity index (χ1v) is 12.2. The van der Waals surface area contributed by atoms with Crippen molar-refractivity contribution in [3.05, 3.63) is 23.8 Å². The van der Waals surface area contributed by atoms with E-state index in [9.17, 15) is 9.59 Å². The van der Waals surface area contributed by atoms with Crippen LogP contribution in [-0.2, 0) is 14.0 Å². The number of hydrogen-bond acceptors (Lipinski definition) is 6. The summed E-state index contributed by atoms with van der Waals surface area (Å²) < 4.78 is 22.4. The number of rotatable bonds is 7. The molecule has 0 spiro atoms. The van der Waals surface area contributed by atoms with Gasteiger partial charge in [0.15, 0.2) is 14.5 Å². The molecule has 1 aliphatic heterocycles. The van der Waals surface area contributed by atoms with E-state index in [-0.39, 0.29) is 22.6 Å². The molecule has 0 bridgehead atoms. The highest BCUT2D eigenvalue weighted by atomic mass is 28.4. The van der Waals surface area contributed by atoms with Crippen molar-refractivity contribution < 1.29 is 28.2 Å². The highest BCUT2D eigenvalue weighted by Gasteiger charge is 2.49. The van der Waals surface area contributed by atoms with Gasteiger partial charge in [-0.05, 0) is 37.2 Å². The third-order valence-corrected chi connectivity index (χ3v) is 10.1. The van der Waals surface area contributed by atoms with E-state index in [1.165, 1.54) is 14.2 Å². The summed E-state index contributed by atoms with van der Waals surface area (Å²) in [6, 6.07) is 5.02. The van der Waals surface area contributed by atoms with Gasteiger partial charge in [-0.1, -0.05) is 26.8 Å². The number of amides is 1. The zero-order valence-corrected chi connectivity index (χ0v) is 18.9. The average molecular weight is 410 g/mol. The first-order valence-electron chi connectivity index (χ1n) is 9.33. The van der Waals surface area contributed by atoms with Gasteiger partial charge in [0.1, 0.15) is 23.0 Å². The fourth-order valence-corrected chi connectivity index (χ4v) is 4.30. The molecule has 1 fully saturated rings. The lowest BCUT2D eigenvalue weighted by molar-refractivity contribution is -0.154. The first kappa shape index (κ1) is 22.2. The second-order valence-corrected chi connectivity index (χ2v) is 13.2. The van der Waals surface area contributed by atoms with Crippen molar-refractivity contribution in [1.82, 2.24) is 5.32 Å². The Hall–Kier alpha value is -2.06. The van der Waals surface area contributed by atoms with E-state index >= 15 is 0 Å². The third kappa shape index (κ3) is 4.33. The minimum Gasteiger partial charge on any atom is -0.496 e. The third-order valence-electron chi connectivity index (χ3n) is 5.57. The molecule has 0 radical (unpaired) electrons. The second-order valence-electron chi connectivity index (χ2n) is 8.48. The van der Waals surface area contributed by atoms with Crippen molar-refractivity contribution in [2.24, 2.45) is 5.92 Å². The molecule has 0 aliphatic carbocycles. The Balaban J connectivity index is 2.15. The topological polar surface area (TPSA) is 83.1 Å². The van der Waals surface area contributed by atoms with E-state index in [1.54, 1.807) is 18.2 Å². The molecule has 1 saturated heterocycles. The SMILES string of the molecule is COc1cccc(OC)c1C(=O)O[C@H]1NC(=O)[C@@H]1C(C)O[Si](C)(C)C(C)(C)C. The molecule has 0 aromatic heterocycles. The molecule has 1 aromatic carbocycles. The van der Waals surface area contributed by atoms with Crippen LogP contribution in [0.5, 0.6) is 11.5 Å². The molecule has 28 heavy (non-hydrogen) atoms. The lowest BCUT2D eigenvalue weighted by atomic mass is 9.93. The maximum absolute atomic E-state index is 12.8. The van der Waals surface area contributed by atoms with E-state index in [2.05, 4.69) is 39.2 Å². The van der Waals surface area contributed by atoms with Crippen molar-refractivity contribution in [3.63, 3.8) is 0 Å². The van der Waals surface area contributed by atoms with Gasteiger partial charge in [0.05, 0.1) is 20.3 Å². The van der Waals surface area contributed by atoms with Crippen molar-refractivity contribution in [2.45, 2.75) is 58.2 Å². The van der Waals surface area contributed by atoms with Crippen LogP contribution in [0.3, 0.4) is 0 Å². The zero-order chi connectivity index (χ0) is 21.3. The van der Waals surface area contributed by atoms with Gasteiger partial charge in [0.25, 0.3) is 0 Å². The summed E-state index contributed by atoms with van der Waals surface area (Å²) in [6.45, 7) is 12.5. The van der Waals surface area contributed by atoms with E-state index in [0.29, 0.717) is 11.5 Å². The van der Waals surface area contributed by atoms with E-state index in [4.69, 9.17) is 18.6 Å². The standard InChI is InChI=1S/C20H31NO6Si/c1-12(27-28(7,8)20(2,3)4)15-17(22)21-18(15)26-19(23)16-13(24-5)10-9-11-14(16)25-6/h9-12,15,18H,1-8H3,(H,21,22)/t12?,15-,18+/m0/s1. The van der Waals surface area contributed by atoms with Crippen LogP contribution in [0, 0.1) is 5.92 Å². The molecule has 1 heterocycles. The van der Waals surface area contributed by atoms with Crippen LogP contribution in [0.15, 0.2) is 18.2 Å². The highest BCUT2D eigenvalue weighted by Crippen LogP contribution is 2.39. The summed E-state index contributed by atoms with van der Waals surface area (Å²) in [7, 11) is 0.868. The number of benzene rings is 1. The van der Waals surface area contributed by atoms with Crippen LogP contribution in [0.4, 0.5) is 0 Å². The van der Waals surface area contributed by atoms with Crippen molar-refractivity contribution in [1.29, 1.82) is 0 Å². The van der Waals surface area contributed by atoms with Gasteiger partial charge in [-0.15, -0.1) is 0 Å². The first-order chi connectivity index (χ1) is 12.9. The molecule has 7 nitrogen and oxygen atoms in total. The highest BCUT2D eigenvalue weighted by molar-refractivity contribution is 6.74. The number of ether oxygens (including phenoxy) is 3. The Morgan fingerprint density at radius 1 is 1.14 bits per heavy atom. The second kappa shape index (κ2) is 8.12. The Morgan fingerprint density at radius 3 is 2.11 bits per heavy atom. The summed E-state index contributed by atoms with van der Waals surface area (Å²) in [5.41, 5.74) is 0.186. The molecule has 1 unspecified atom stereocenters. The van der Waals surface area contributed by atoms with Crippen molar-refractivity contribution >= 4 is 20.2 Å². The zero-order valence-electron chi connectivity index (χ0n) is 17.9. The molecular formula is C20H31NO6Si. The minimum atomic E-state index is -2.07.